The third-order valence-corrected chi connectivity index (χ3v) is 7.79. The Bertz CT molecular complexity index is 1250. The third kappa shape index (κ3) is 5.59. The summed E-state index contributed by atoms with van der Waals surface area (Å²) >= 11 is 2.73. The fraction of sp³-hybridized carbons (Fsp3) is 0.360. The summed E-state index contributed by atoms with van der Waals surface area (Å²) in [6.07, 6.45) is 4.18. The molecule has 0 saturated carbocycles. The number of amides is 1. The number of aryl methyl sites for hydroxylation is 2. The molecule has 0 bridgehead atoms. The van der Waals surface area contributed by atoms with Crippen molar-refractivity contribution in [2.24, 2.45) is 0 Å². The van der Waals surface area contributed by atoms with Crippen molar-refractivity contribution in [1.29, 1.82) is 0 Å². The molecule has 1 aliphatic rings. The molecule has 1 unspecified atom stereocenters. The van der Waals surface area contributed by atoms with E-state index in [0.29, 0.717) is 28.1 Å². The van der Waals surface area contributed by atoms with Crippen molar-refractivity contribution in [2.45, 2.75) is 50.9 Å². The van der Waals surface area contributed by atoms with Gasteiger partial charge in [-0.2, -0.15) is 0 Å². The minimum atomic E-state index is -0.412. The monoisotopic (exact) mass is 512 g/mol. The second-order valence-electron chi connectivity index (χ2n) is 8.21. The summed E-state index contributed by atoms with van der Waals surface area (Å²) in [6.45, 7) is 8.24. The number of esters is 1. The molecule has 0 fully saturated rings. The number of nitrogens with one attached hydrogen (secondary N) is 1. The van der Waals surface area contributed by atoms with Crippen LogP contribution in [0.25, 0.3) is 0 Å². The highest BCUT2D eigenvalue weighted by atomic mass is 32.2. The van der Waals surface area contributed by atoms with Crippen LogP contribution in [0.1, 0.15) is 51.6 Å². The van der Waals surface area contributed by atoms with E-state index in [1.807, 2.05) is 42.7 Å². The number of hydrogen-bond donors (Lipinski definition) is 1. The van der Waals surface area contributed by atoms with Crippen LogP contribution in [0.5, 0.6) is 5.75 Å². The highest BCUT2D eigenvalue weighted by molar-refractivity contribution is 7.99. The number of carbonyl (C=O) groups is 2. The number of aromatic nitrogens is 3. The molecule has 0 spiro atoms. The van der Waals surface area contributed by atoms with Crippen molar-refractivity contribution in [3.63, 3.8) is 0 Å². The number of ether oxygens (including phenoxy) is 2. The molecule has 1 N–H and O–H groups in total. The Morgan fingerprint density at radius 1 is 1.34 bits per heavy atom. The van der Waals surface area contributed by atoms with Gasteiger partial charge in [-0.25, -0.2) is 4.79 Å². The molecule has 0 radical (unpaired) electrons. The molecule has 8 nitrogen and oxygen atoms in total. The van der Waals surface area contributed by atoms with Crippen molar-refractivity contribution in [2.75, 3.05) is 18.2 Å². The number of benzene rings is 1. The van der Waals surface area contributed by atoms with Gasteiger partial charge in [-0.1, -0.05) is 30.0 Å². The zero-order chi connectivity index (χ0) is 24.9. The highest BCUT2D eigenvalue weighted by Crippen LogP contribution is 2.39. The fourth-order valence-electron chi connectivity index (χ4n) is 4.06. The van der Waals surface area contributed by atoms with Crippen LogP contribution in [0.4, 0.5) is 5.00 Å². The number of fused-ring (bicyclic) bond motifs is 1. The smallest absolute Gasteiger partial charge is 0.341 e. The van der Waals surface area contributed by atoms with Gasteiger partial charge in [0.05, 0.1) is 18.4 Å². The Balaban J connectivity index is 1.44. The molecule has 184 valence electrons. The number of thioether (sulfide) groups is 1. The number of rotatable bonds is 10. The summed E-state index contributed by atoms with van der Waals surface area (Å²) in [5.74, 6) is 0.885. The maximum absolute atomic E-state index is 12.8. The molecule has 0 aliphatic heterocycles. The minimum absolute atomic E-state index is 0.117. The van der Waals surface area contributed by atoms with E-state index < -0.39 is 5.97 Å². The van der Waals surface area contributed by atoms with E-state index in [1.54, 1.807) is 6.08 Å². The van der Waals surface area contributed by atoms with Gasteiger partial charge in [0, 0.05) is 11.4 Å². The van der Waals surface area contributed by atoms with Gasteiger partial charge >= 0.3 is 5.97 Å². The zero-order valence-corrected chi connectivity index (χ0v) is 21.6. The summed E-state index contributed by atoms with van der Waals surface area (Å²) in [6, 6.07) is 7.82. The summed E-state index contributed by atoms with van der Waals surface area (Å²) < 4.78 is 12.9. The van der Waals surface area contributed by atoms with Crippen molar-refractivity contribution in [1.82, 2.24) is 14.8 Å². The maximum Gasteiger partial charge on any atom is 0.341 e. The molecule has 4 rings (SSSR count). The van der Waals surface area contributed by atoms with Crippen LogP contribution in [0.2, 0.25) is 0 Å². The number of methoxy groups -OCH3 is 1. The Labute approximate surface area is 212 Å². The standard InChI is InChI=1S/C25H28N4O4S2/c1-5-12-29-22(16(3)33-17-9-6-8-15(2)13-17)27-28-25(29)34-14-20(30)26-23-21(24(31)32-4)18-10-7-11-19(18)35-23/h5-6,8-9,13,16H,1,7,10-12,14H2,2-4H3,(H,26,30). The van der Waals surface area contributed by atoms with E-state index in [1.165, 1.54) is 30.2 Å². The molecule has 3 aromatic rings. The van der Waals surface area contributed by atoms with E-state index in [-0.39, 0.29) is 17.8 Å². The maximum atomic E-state index is 12.8. The van der Waals surface area contributed by atoms with Gasteiger partial charge in [0.15, 0.2) is 17.1 Å². The molecule has 1 aromatic carbocycles. The molecule has 2 aromatic heterocycles. The molecule has 2 heterocycles. The number of allylic oxidation sites excluding steroid dienone is 1. The predicted octanol–water partition coefficient (Wildman–Crippen LogP) is 4.98. The van der Waals surface area contributed by atoms with Gasteiger partial charge in [0.1, 0.15) is 10.8 Å². The van der Waals surface area contributed by atoms with Crippen molar-refractivity contribution in [3.8, 4) is 5.75 Å². The largest absolute Gasteiger partial charge is 0.483 e. The quantitative estimate of drug-likeness (QED) is 0.233. The van der Waals surface area contributed by atoms with Crippen molar-refractivity contribution in [3.05, 3.63) is 64.3 Å². The fourth-order valence-corrected chi connectivity index (χ4v) is 6.11. The average Bonchev–Trinajstić information content (AvgIpc) is 3.52. The van der Waals surface area contributed by atoms with Crippen LogP contribution in [0.15, 0.2) is 42.1 Å². The lowest BCUT2D eigenvalue weighted by Gasteiger charge is -2.16. The van der Waals surface area contributed by atoms with E-state index in [2.05, 4.69) is 22.1 Å². The van der Waals surface area contributed by atoms with Crippen LogP contribution in [0.3, 0.4) is 0 Å². The Morgan fingerprint density at radius 2 is 2.17 bits per heavy atom. The number of anilines is 1. The lowest BCUT2D eigenvalue weighted by atomic mass is 10.1. The van der Waals surface area contributed by atoms with E-state index >= 15 is 0 Å². The van der Waals surface area contributed by atoms with E-state index in [0.717, 1.165) is 41.0 Å². The second kappa shape index (κ2) is 11.1. The number of carbonyl (C=O) groups excluding carboxylic acids is 2. The lowest BCUT2D eigenvalue weighted by molar-refractivity contribution is -0.113. The van der Waals surface area contributed by atoms with Crippen LogP contribution in [-0.2, 0) is 28.9 Å². The molecule has 0 saturated heterocycles. The molecule has 10 heteroatoms. The van der Waals surface area contributed by atoms with Crippen LogP contribution >= 0.6 is 23.1 Å². The molecule has 35 heavy (non-hydrogen) atoms. The molecular weight excluding hydrogens is 484 g/mol. The topological polar surface area (TPSA) is 95.3 Å². The SMILES string of the molecule is C=CCn1c(SCC(=O)Nc2sc3c(c2C(=O)OC)CCC3)nnc1C(C)Oc1cccc(C)c1. The van der Waals surface area contributed by atoms with E-state index in [9.17, 15) is 9.59 Å². The van der Waals surface area contributed by atoms with Gasteiger partial charge in [-0.3, -0.25) is 9.36 Å². The first kappa shape index (κ1) is 25.0. The highest BCUT2D eigenvalue weighted by Gasteiger charge is 2.28. The van der Waals surface area contributed by atoms with Crippen molar-refractivity contribution < 1.29 is 19.1 Å². The number of thiophene rings is 1. The average molecular weight is 513 g/mol. The summed E-state index contributed by atoms with van der Waals surface area (Å²) in [4.78, 5) is 26.3. The van der Waals surface area contributed by atoms with Gasteiger partial charge in [0.2, 0.25) is 5.91 Å². The van der Waals surface area contributed by atoms with Crippen LogP contribution in [0, 0.1) is 6.92 Å². The number of nitrogens with zero attached hydrogens (tertiary/aromatic N) is 3. The molecular formula is C25H28N4O4S2. The zero-order valence-electron chi connectivity index (χ0n) is 20.0. The second-order valence-corrected chi connectivity index (χ2v) is 10.3. The normalized spacial score (nSPS) is 13.2. The summed E-state index contributed by atoms with van der Waals surface area (Å²) in [5, 5.41) is 12.7. The first-order valence-corrected chi connectivity index (χ1v) is 13.1. The predicted molar refractivity (Wildman–Crippen MR) is 137 cm³/mol. The minimum Gasteiger partial charge on any atom is -0.483 e. The first-order chi connectivity index (χ1) is 16.9. The number of hydrogen-bond acceptors (Lipinski definition) is 8. The van der Waals surface area contributed by atoms with E-state index in [4.69, 9.17) is 9.47 Å². The Kier molecular flexibility index (Phi) is 7.92. The first-order valence-electron chi connectivity index (χ1n) is 11.3. The molecule has 1 aliphatic carbocycles. The van der Waals surface area contributed by atoms with Gasteiger partial charge < -0.3 is 14.8 Å². The van der Waals surface area contributed by atoms with Crippen molar-refractivity contribution >= 4 is 40.0 Å². The third-order valence-electron chi connectivity index (χ3n) is 5.62. The van der Waals surface area contributed by atoms with Gasteiger partial charge in [-0.05, 0) is 56.4 Å². The van der Waals surface area contributed by atoms with Gasteiger partial charge in [0.25, 0.3) is 0 Å². The molecule has 1 amide bonds. The molecule has 1 atom stereocenters. The van der Waals surface area contributed by atoms with Crippen LogP contribution < -0.4 is 10.1 Å². The summed E-state index contributed by atoms with van der Waals surface area (Å²) in [5.41, 5.74) is 2.60. The lowest BCUT2D eigenvalue weighted by Crippen LogP contribution is -2.17. The Morgan fingerprint density at radius 3 is 2.91 bits per heavy atom. The van der Waals surface area contributed by atoms with Crippen LogP contribution in [-0.4, -0.2) is 39.5 Å². The summed E-state index contributed by atoms with van der Waals surface area (Å²) in [7, 11) is 1.36. The van der Waals surface area contributed by atoms with Gasteiger partial charge in [-0.15, -0.1) is 28.1 Å². The Hall–Kier alpha value is -3.11.